The molecular formula is C11H13BrN4O2. The van der Waals surface area contributed by atoms with Crippen molar-refractivity contribution in [2.75, 3.05) is 18.5 Å². The Hall–Kier alpha value is -1.63. The van der Waals surface area contributed by atoms with Gasteiger partial charge in [-0.15, -0.1) is 0 Å². The van der Waals surface area contributed by atoms with Crippen LogP contribution in [0.3, 0.4) is 0 Å². The van der Waals surface area contributed by atoms with E-state index < -0.39 is 4.92 Å². The van der Waals surface area contributed by atoms with Crippen molar-refractivity contribution in [2.45, 2.75) is 11.8 Å². The lowest BCUT2D eigenvalue weighted by atomic mass is 10.3. The van der Waals surface area contributed by atoms with Gasteiger partial charge in [0.25, 0.3) is 5.69 Å². The number of benzene rings is 1. The van der Waals surface area contributed by atoms with E-state index in [2.05, 4.69) is 25.9 Å². The number of nitro groups is 1. The topological polar surface area (TPSA) is 75.1 Å². The minimum atomic E-state index is -0.412. The molecule has 0 bridgehead atoms. The summed E-state index contributed by atoms with van der Waals surface area (Å²) in [5.74, 6) is 0.705. The molecule has 1 N–H and O–H groups in total. The highest BCUT2D eigenvalue weighted by atomic mass is 79.9. The fourth-order valence-corrected chi connectivity index (χ4v) is 2.18. The van der Waals surface area contributed by atoms with Gasteiger partial charge in [0.2, 0.25) is 5.95 Å². The van der Waals surface area contributed by atoms with E-state index in [-0.39, 0.29) is 5.69 Å². The summed E-state index contributed by atoms with van der Waals surface area (Å²) >= 11 is 3.47. The van der Waals surface area contributed by atoms with Crippen LogP contribution in [0.25, 0.3) is 11.0 Å². The van der Waals surface area contributed by atoms with Crippen LogP contribution in [0.4, 0.5) is 11.6 Å². The second-order valence-electron chi connectivity index (χ2n) is 4.18. The maximum atomic E-state index is 10.7. The summed E-state index contributed by atoms with van der Waals surface area (Å²) in [6.45, 7) is 2.84. The minimum absolute atomic E-state index is 0.0641. The molecule has 0 aliphatic heterocycles. The van der Waals surface area contributed by atoms with Crippen LogP contribution in [-0.2, 0) is 0 Å². The number of H-pyrrole nitrogens is 1. The van der Waals surface area contributed by atoms with Crippen LogP contribution in [-0.4, -0.2) is 33.3 Å². The number of rotatable bonds is 4. The average molecular weight is 313 g/mol. The van der Waals surface area contributed by atoms with Crippen molar-refractivity contribution in [1.29, 1.82) is 0 Å². The maximum absolute atomic E-state index is 10.7. The van der Waals surface area contributed by atoms with Gasteiger partial charge in [-0.3, -0.25) is 10.1 Å². The highest BCUT2D eigenvalue weighted by Gasteiger charge is 2.12. The molecule has 2 rings (SSSR count). The Morgan fingerprint density at radius 2 is 2.33 bits per heavy atom. The van der Waals surface area contributed by atoms with Crippen LogP contribution in [0.1, 0.15) is 6.92 Å². The summed E-state index contributed by atoms with van der Waals surface area (Å²) in [6.07, 6.45) is 0. The third-order valence-electron chi connectivity index (χ3n) is 2.55. The smallest absolute Gasteiger partial charge is 0.271 e. The first kappa shape index (κ1) is 12.8. The number of anilines is 1. The summed E-state index contributed by atoms with van der Waals surface area (Å²) in [7, 11) is 1.92. The van der Waals surface area contributed by atoms with Crippen molar-refractivity contribution in [3.05, 3.63) is 28.3 Å². The number of nitrogens with one attached hydrogen (secondary N) is 1. The summed E-state index contributed by atoms with van der Waals surface area (Å²) in [5.41, 5.74) is 1.46. The second kappa shape index (κ2) is 4.93. The Balaban J connectivity index is 2.35. The molecule has 7 heteroatoms. The lowest BCUT2D eigenvalue weighted by Crippen LogP contribution is -2.24. The van der Waals surface area contributed by atoms with Crippen LogP contribution in [0.2, 0.25) is 0 Å². The zero-order valence-corrected chi connectivity index (χ0v) is 11.6. The fourth-order valence-electron chi connectivity index (χ4n) is 1.74. The van der Waals surface area contributed by atoms with E-state index in [1.807, 2.05) is 18.9 Å². The largest absolute Gasteiger partial charge is 0.344 e. The Morgan fingerprint density at radius 1 is 1.61 bits per heavy atom. The Labute approximate surface area is 112 Å². The van der Waals surface area contributed by atoms with E-state index in [4.69, 9.17) is 0 Å². The van der Waals surface area contributed by atoms with E-state index in [9.17, 15) is 10.1 Å². The highest BCUT2D eigenvalue weighted by molar-refractivity contribution is 9.09. The molecule has 0 radical (unpaired) electrons. The third-order valence-corrected chi connectivity index (χ3v) is 2.84. The fraction of sp³-hybridized carbons (Fsp3) is 0.364. The molecule has 0 saturated carbocycles. The minimum Gasteiger partial charge on any atom is -0.344 e. The molecule has 6 nitrogen and oxygen atoms in total. The zero-order chi connectivity index (χ0) is 13.3. The monoisotopic (exact) mass is 312 g/mol. The number of hydrogen-bond donors (Lipinski definition) is 1. The quantitative estimate of drug-likeness (QED) is 0.535. The first-order valence-corrected chi connectivity index (χ1v) is 6.38. The van der Waals surface area contributed by atoms with Crippen LogP contribution in [0.15, 0.2) is 18.2 Å². The molecule has 0 aliphatic rings. The van der Waals surface area contributed by atoms with Crippen LogP contribution in [0.5, 0.6) is 0 Å². The molecule has 1 aromatic carbocycles. The second-order valence-corrected chi connectivity index (χ2v) is 5.74. The molecule has 96 valence electrons. The molecular weight excluding hydrogens is 300 g/mol. The number of halogens is 1. The number of fused-ring (bicyclic) bond motifs is 1. The van der Waals surface area contributed by atoms with Gasteiger partial charge in [-0.25, -0.2) is 4.98 Å². The van der Waals surface area contributed by atoms with E-state index in [1.54, 1.807) is 6.07 Å². The predicted molar refractivity (Wildman–Crippen MR) is 74.4 cm³/mol. The van der Waals surface area contributed by atoms with E-state index in [0.717, 1.165) is 12.1 Å². The van der Waals surface area contributed by atoms with Gasteiger partial charge < -0.3 is 9.88 Å². The summed E-state index contributed by atoms with van der Waals surface area (Å²) in [5, 5.41) is 10.7. The number of nitro benzene ring substituents is 1. The Morgan fingerprint density at radius 3 is 2.94 bits per heavy atom. The lowest BCUT2D eigenvalue weighted by molar-refractivity contribution is -0.384. The SMILES string of the molecule is CC(Br)CN(C)c1nc2ccc([N+](=O)[O-])cc2[nH]1. The van der Waals surface area contributed by atoms with Crippen LogP contribution < -0.4 is 4.90 Å². The van der Waals surface area contributed by atoms with Crippen molar-refractivity contribution < 1.29 is 4.92 Å². The lowest BCUT2D eigenvalue weighted by Gasteiger charge is -2.16. The van der Waals surface area contributed by atoms with Gasteiger partial charge in [-0.05, 0) is 6.07 Å². The summed E-state index contributed by atoms with van der Waals surface area (Å²) < 4.78 is 0. The molecule has 1 atom stereocenters. The molecule has 18 heavy (non-hydrogen) atoms. The number of imidazole rings is 1. The first-order chi connectivity index (χ1) is 8.47. The molecule has 1 unspecified atom stereocenters. The van der Waals surface area contributed by atoms with E-state index in [0.29, 0.717) is 16.3 Å². The zero-order valence-electron chi connectivity index (χ0n) is 10.1. The Kier molecular flexibility index (Phi) is 3.51. The summed E-state index contributed by atoms with van der Waals surface area (Å²) in [6, 6.07) is 4.61. The van der Waals surface area contributed by atoms with Crippen LogP contribution >= 0.6 is 15.9 Å². The van der Waals surface area contributed by atoms with Gasteiger partial charge in [-0.2, -0.15) is 0 Å². The van der Waals surface area contributed by atoms with Gasteiger partial charge in [0, 0.05) is 30.6 Å². The molecule has 1 aromatic heterocycles. The van der Waals surface area contributed by atoms with Crippen molar-refractivity contribution in [2.24, 2.45) is 0 Å². The van der Waals surface area contributed by atoms with Gasteiger partial charge in [0.15, 0.2) is 0 Å². The molecule has 2 aromatic rings. The average Bonchev–Trinajstić information content (AvgIpc) is 2.70. The number of aromatic nitrogens is 2. The highest BCUT2D eigenvalue weighted by Crippen LogP contribution is 2.22. The standard InChI is InChI=1S/C11H13BrN4O2/c1-7(12)6-15(2)11-13-9-4-3-8(16(17)18)5-10(9)14-11/h3-5,7H,6H2,1-2H3,(H,13,14). The molecule has 0 spiro atoms. The summed E-state index contributed by atoms with van der Waals surface area (Å²) in [4.78, 5) is 20.1. The number of aromatic amines is 1. The van der Waals surface area contributed by atoms with Crippen molar-refractivity contribution >= 4 is 38.6 Å². The van der Waals surface area contributed by atoms with E-state index >= 15 is 0 Å². The number of hydrogen-bond acceptors (Lipinski definition) is 4. The normalized spacial score (nSPS) is 12.6. The van der Waals surface area contributed by atoms with Gasteiger partial charge in [-0.1, -0.05) is 22.9 Å². The van der Waals surface area contributed by atoms with E-state index in [1.165, 1.54) is 12.1 Å². The maximum Gasteiger partial charge on any atom is 0.271 e. The van der Waals surface area contributed by atoms with Crippen molar-refractivity contribution in [3.63, 3.8) is 0 Å². The molecule has 0 aliphatic carbocycles. The molecule has 1 heterocycles. The predicted octanol–water partition coefficient (Wildman–Crippen LogP) is 2.69. The molecule has 0 saturated heterocycles. The van der Waals surface area contributed by atoms with Gasteiger partial charge in [0.05, 0.1) is 16.0 Å². The first-order valence-electron chi connectivity index (χ1n) is 5.46. The number of alkyl halides is 1. The van der Waals surface area contributed by atoms with Gasteiger partial charge >= 0.3 is 0 Å². The van der Waals surface area contributed by atoms with Gasteiger partial charge in [0.1, 0.15) is 0 Å². The number of nitrogens with zero attached hydrogens (tertiary/aromatic N) is 3. The van der Waals surface area contributed by atoms with Crippen LogP contribution in [0, 0.1) is 10.1 Å². The third kappa shape index (κ3) is 2.61. The Bertz CT molecular complexity index is 581. The van der Waals surface area contributed by atoms with Crippen molar-refractivity contribution in [3.8, 4) is 0 Å². The van der Waals surface area contributed by atoms with Crippen molar-refractivity contribution in [1.82, 2.24) is 9.97 Å². The molecule has 0 amide bonds. The molecule has 0 fully saturated rings. The number of non-ortho nitro benzene ring substituents is 1.